The van der Waals surface area contributed by atoms with Crippen LogP contribution in [0, 0.1) is 5.41 Å². The summed E-state index contributed by atoms with van der Waals surface area (Å²) in [5.41, 5.74) is 1.24. The van der Waals surface area contributed by atoms with E-state index in [4.69, 9.17) is 11.6 Å². The second-order valence-corrected chi connectivity index (χ2v) is 6.70. The highest BCUT2D eigenvalue weighted by Gasteiger charge is 2.39. The molecule has 2 N–H and O–H groups in total. The maximum Gasteiger partial charge on any atom is 0.225 e. The molecule has 0 radical (unpaired) electrons. The molecular formula is C16H22ClN3O. The SMILES string of the molecule is O=C(CCN1CCC2(CCNC2)C1)Nc1cccc(Cl)c1. The van der Waals surface area contributed by atoms with Gasteiger partial charge in [0.25, 0.3) is 0 Å². The Morgan fingerprint density at radius 2 is 2.33 bits per heavy atom. The minimum atomic E-state index is 0.0581. The van der Waals surface area contributed by atoms with E-state index in [1.54, 1.807) is 12.1 Å². The van der Waals surface area contributed by atoms with Crippen molar-refractivity contribution in [2.75, 3.05) is 38.0 Å². The van der Waals surface area contributed by atoms with Gasteiger partial charge in [-0.1, -0.05) is 17.7 Å². The van der Waals surface area contributed by atoms with Crippen LogP contribution in [0.25, 0.3) is 0 Å². The molecule has 2 fully saturated rings. The van der Waals surface area contributed by atoms with Gasteiger partial charge >= 0.3 is 0 Å². The molecule has 5 heteroatoms. The highest BCUT2D eigenvalue weighted by molar-refractivity contribution is 6.30. The maximum absolute atomic E-state index is 12.0. The van der Waals surface area contributed by atoms with Crippen LogP contribution >= 0.6 is 11.6 Å². The normalized spacial score (nSPS) is 25.6. The number of carbonyl (C=O) groups is 1. The molecule has 2 heterocycles. The summed E-state index contributed by atoms with van der Waals surface area (Å²) in [7, 11) is 0. The first-order chi connectivity index (χ1) is 10.2. The van der Waals surface area contributed by atoms with Gasteiger partial charge in [0.15, 0.2) is 0 Å². The Bertz CT molecular complexity index is 514. The van der Waals surface area contributed by atoms with Gasteiger partial charge in [0.2, 0.25) is 5.91 Å². The van der Waals surface area contributed by atoms with E-state index < -0.39 is 0 Å². The van der Waals surface area contributed by atoms with Crippen LogP contribution in [0.4, 0.5) is 5.69 Å². The molecule has 3 rings (SSSR count). The lowest BCUT2D eigenvalue weighted by Crippen LogP contribution is -2.31. The smallest absolute Gasteiger partial charge is 0.225 e. The fourth-order valence-corrected chi connectivity index (χ4v) is 3.60. The molecule has 1 amide bonds. The molecule has 0 aliphatic carbocycles. The van der Waals surface area contributed by atoms with Gasteiger partial charge in [0, 0.05) is 36.8 Å². The molecule has 2 aliphatic heterocycles. The number of carbonyl (C=O) groups excluding carboxylic acids is 1. The minimum Gasteiger partial charge on any atom is -0.326 e. The highest BCUT2D eigenvalue weighted by atomic mass is 35.5. The molecule has 0 bridgehead atoms. The Morgan fingerprint density at radius 3 is 3.10 bits per heavy atom. The summed E-state index contributed by atoms with van der Waals surface area (Å²) < 4.78 is 0. The van der Waals surface area contributed by atoms with Gasteiger partial charge in [0.1, 0.15) is 0 Å². The maximum atomic E-state index is 12.0. The van der Waals surface area contributed by atoms with E-state index in [2.05, 4.69) is 15.5 Å². The average Bonchev–Trinajstić information content (AvgIpc) is 3.07. The largest absolute Gasteiger partial charge is 0.326 e. The van der Waals surface area contributed by atoms with Gasteiger partial charge in [-0.15, -0.1) is 0 Å². The van der Waals surface area contributed by atoms with Crippen LogP contribution < -0.4 is 10.6 Å². The van der Waals surface area contributed by atoms with Crippen LogP contribution in [-0.4, -0.2) is 43.5 Å². The predicted molar refractivity (Wildman–Crippen MR) is 85.7 cm³/mol. The first-order valence-corrected chi connectivity index (χ1v) is 8.02. The van der Waals surface area contributed by atoms with E-state index in [0.29, 0.717) is 16.9 Å². The van der Waals surface area contributed by atoms with E-state index in [-0.39, 0.29) is 5.91 Å². The van der Waals surface area contributed by atoms with Crippen molar-refractivity contribution in [3.05, 3.63) is 29.3 Å². The number of rotatable bonds is 4. The Labute approximate surface area is 130 Å². The quantitative estimate of drug-likeness (QED) is 0.897. The first kappa shape index (κ1) is 14.8. The van der Waals surface area contributed by atoms with Gasteiger partial charge in [-0.25, -0.2) is 0 Å². The zero-order valence-electron chi connectivity index (χ0n) is 12.2. The minimum absolute atomic E-state index is 0.0581. The molecule has 21 heavy (non-hydrogen) atoms. The monoisotopic (exact) mass is 307 g/mol. The van der Waals surface area contributed by atoms with Crippen LogP contribution in [-0.2, 0) is 4.79 Å². The van der Waals surface area contributed by atoms with E-state index >= 15 is 0 Å². The molecule has 2 aliphatic rings. The lowest BCUT2D eigenvalue weighted by atomic mass is 9.87. The van der Waals surface area contributed by atoms with Crippen molar-refractivity contribution < 1.29 is 4.79 Å². The standard InChI is InChI=1S/C16H22ClN3O/c17-13-2-1-3-14(10-13)19-15(21)4-8-20-9-6-16(12-20)5-7-18-11-16/h1-3,10,18H,4-9,11-12H2,(H,19,21). The molecule has 0 aromatic heterocycles. The number of nitrogens with zero attached hydrogens (tertiary/aromatic N) is 1. The molecule has 4 nitrogen and oxygen atoms in total. The molecule has 1 aromatic carbocycles. The number of halogens is 1. The van der Waals surface area contributed by atoms with Gasteiger partial charge in [-0.2, -0.15) is 0 Å². The first-order valence-electron chi connectivity index (χ1n) is 7.64. The summed E-state index contributed by atoms with van der Waals surface area (Å²) >= 11 is 5.91. The van der Waals surface area contributed by atoms with Crippen molar-refractivity contribution in [2.45, 2.75) is 19.3 Å². The summed E-state index contributed by atoms with van der Waals surface area (Å²) in [4.78, 5) is 14.4. The molecular weight excluding hydrogens is 286 g/mol. The number of anilines is 1. The lowest BCUT2D eigenvalue weighted by molar-refractivity contribution is -0.116. The highest BCUT2D eigenvalue weighted by Crippen LogP contribution is 2.35. The summed E-state index contributed by atoms with van der Waals surface area (Å²) in [6.07, 6.45) is 3.07. The summed E-state index contributed by atoms with van der Waals surface area (Å²) in [6.45, 7) is 5.37. The zero-order valence-corrected chi connectivity index (χ0v) is 13.0. The molecule has 1 unspecified atom stereocenters. The van der Waals surface area contributed by atoms with Crippen molar-refractivity contribution in [1.29, 1.82) is 0 Å². The summed E-state index contributed by atoms with van der Waals surface area (Å²) in [5, 5.41) is 7.01. The molecule has 114 valence electrons. The van der Waals surface area contributed by atoms with E-state index in [0.717, 1.165) is 38.4 Å². The van der Waals surface area contributed by atoms with Crippen molar-refractivity contribution in [1.82, 2.24) is 10.2 Å². The van der Waals surface area contributed by atoms with Gasteiger partial charge < -0.3 is 15.5 Å². The molecule has 0 saturated carbocycles. The van der Waals surface area contributed by atoms with Gasteiger partial charge in [-0.3, -0.25) is 4.79 Å². The van der Waals surface area contributed by atoms with Crippen molar-refractivity contribution in [2.24, 2.45) is 5.41 Å². The fraction of sp³-hybridized carbons (Fsp3) is 0.562. The van der Waals surface area contributed by atoms with Gasteiger partial charge in [-0.05, 0) is 49.5 Å². The van der Waals surface area contributed by atoms with Crippen molar-refractivity contribution in [3.63, 3.8) is 0 Å². The Morgan fingerprint density at radius 1 is 1.43 bits per heavy atom. The van der Waals surface area contributed by atoms with Crippen LogP contribution in [0.15, 0.2) is 24.3 Å². The van der Waals surface area contributed by atoms with Crippen molar-refractivity contribution >= 4 is 23.2 Å². The van der Waals surface area contributed by atoms with Crippen LogP contribution in [0.3, 0.4) is 0 Å². The predicted octanol–water partition coefficient (Wildman–Crippen LogP) is 2.35. The van der Waals surface area contributed by atoms with Crippen molar-refractivity contribution in [3.8, 4) is 0 Å². The topological polar surface area (TPSA) is 44.4 Å². The Kier molecular flexibility index (Phi) is 4.48. The molecule has 2 saturated heterocycles. The summed E-state index contributed by atoms with van der Waals surface area (Å²) in [6, 6.07) is 7.28. The number of likely N-dealkylation sites (tertiary alicyclic amines) is 1. The Balaban J connectivity index is 1.44. The molecule has 1 atom stereocenters. The third-order valence-electron chi connectivity index (χ3n) is 4.61. The third-order valence-corrected chi connectivity index (χ3v) is 4.85. The number of hydrogen-bond acceptors (Lipinski definition) is 3. The zero-order chi connectivity index (χ0) is 14.7. The van der Waals surface area contributed by atoms with E-state index in [1.807, 2.05) is 12.1 Å². The van der Waals surface area contributed by atoms with E-state index in [9.17, 15) is 4.79 Å². The number of benzene rings is 1. The van der Waals surface area contributed by atoms with Gasteiger partial charge in [0.05, 0.1) is 0 Å². The number of hydrogen-bond donors (Lipinski definition) is 2. The number of amides is 1. The van der Waals surface area contributed by atoms with Crippen LogP contribution in [0.2, 0.25) is 5.02 Å². The van der Waals surface area contributed by atoms with E-state index in [1.165, 1.54) is 12.8 Å². The third kappa shape index (κ3) is 3.76. The second kappa shape index (κ2) is 6.34. The number of nitrogens with one attached hydrogen (secondary N) is 2. The second-order valence-electron chi connectivity index (χ2n) is 6.26. The summed E-state index contributed by atoms with van der Waals surface area (Å²) in [5.74, 6) is 0.0581. The molecule has 1 aromatic rings. The average molecular weight is 308 g/mol. The molecule has 1 spiro atoms. The fourth-order valence-electron chi connectivity index (χ4n) is 3.41. The Hall–Kier alpha value is -1.10. The van der Waals surface area contributed by atoms with Crippen LogP contribution in [0.1, 0.15) is 19.3 Å². The van der Waals surface area contributed by atoms with Crippen LogP contribution in [0.5, 0.6) is 0 Å². The lowest BCUT2D eigenvalue weighted by Gasteiger charge is -2.22.